The standard InChI is InChI=1S/C27H25F4N3/c1-15-9-11-34(12-10-15)14-17-3-5-18(6-4-17)22-24(28)26(30)23(27(31)25(22)29)19-7-8-20-21(13-19)33-16(2)32-20/h3-8,13,15H,9-12,14H2,1-2H3,(H,32,33). The summed E-state index contributed by atoms with van der Waals surface area (Å²) in [4.78, 5) is 9.53. The number of hydrogen-bond donors (Lipinski definition) is 1. The van der Waals surface area contributed by atoms with Gasteiger partial charge in [0.05, 0.1) is 22.2 Å². The second-order valence-electron chi connectivity index (χ2n) is 9.22. The number of benzene rings is 3. The van der Waals surface area contributed by atoms with Gasteiger partial charge >= 0.3 is 0 Å². The van der Waals surface area contributed by atoms with Crippen LogP contribution in [0.25, 0.3) is 33.3 Å². The number of hydrogen-bond acceptors (Lipinski definition) is 2. The van der Waals surface area contributed by atoms with Gasteiger partial charge in [-0.15, -0.1) is 0 Å². The SMILES string of the molecule is Cc1nc2ccc(-c3c(F)c(F)c(-c4ccc(CN5CCC(C)CC5)cc4)c(F)c3F)cc2[nH]1. The van der Waals surface area contributed by atoms with Crippen LogP contribution >= 0.6 is 0 Å². The second-order valence-corrected chi connectivity index (χ2v) is 9.22. The summed E-state index contributed by atoms with van der Waals surface area (Å²) in [6, 6.07) is 10.9. The Morgan fingerprint density at radius 2 is 1.41 bits per heavy atom. The lowest BCUT2D eigenvalue weighted by Crippen LogP contribution is -2.32. The summed E-state index contributed by atoms with van der Waals surface area (Å²) in [5.74, 6) is -4.31. The molecule has 0 radical (unpaired) electrons. The minimum absolute atomic E-state index is 0.0293. The van der Waals surface area contributed by atoms with Crippen LogP contribution in [0.1, 0.15) is 31.2 Å². The highest BCUT2D eigenvalue weighted by Crippen LogP contribution is 2.37. The van der Waals surface area contributed by atoms with Crippen LogP contribution in [-0.2, 0) is 6.54 Å². The molecule has 34 heavy (non-hydrogen) atoms. The van der Waals surface area contributed by atoms with E-state index in [9.17, 15) is 0 Å². The van der Waals surface area contributed by atoms with Gasteiger partial charge in [-0.05, 0) is 67.6 Å². The Morgan fingerprint density at radius 1 is 0.853 bits per heavy atom. The van der Waals surface area contributed by atoms with E-state index in [0.29, 0.717) is 16.9 Å². The van der Waals surface area contributed by atoms with Crippen molar-refractivity contribution in [1.29, 1.82) is 0 Å². The summed E-state index contributed by atoms with van der Waals surface area (Å²) in [6.07, 6.45) is 2.29. The molecule has 0 bridgehead atoms. The van der Waals surface area contributed by atoms with Gasteiger partial charge in [0.1, 0.15) is 5.82 Å². The van der Waals surface area contributed by atoms with Gasteiger partial charge in [0.25, 0.3) is 0 Å². The molecule has 1 aliphatic heterocycles. The zero-order chi connectivity index (χ0) is 24.0. The van der Waals surface area contributed by atoms with Crippen molar-refractivity contribution in [3.63, 3.8) is 0 Å². The number of piperidine rings is 1. The molecule has 0 aliphatic carbocycles. The quantitative estimate of drug-likeness (QED) is 0.259. The molecule has 4 aromatic rings. The van der Waals surface area contributed by atoms with Crippen LogP contribution in [0.5, 0.6) is 0 Å². The van der Waals surface area contributed by atoms with E-state index in [1.807, 2.05) is 0 Å². The van der Waals surface area contributed by atoms with Crippen molar-refractivity contribution in [1.82, 2.24) is 14.9 Å². The predicted molar refractivity (Wildman–Crippen MR) is 125 cm³/mol. The van der Waals surface area contributed by atoms with Crippen molar-refractivity contribution in [3.05, 3.63) is 77.1 Å². The Labute approximate surface area is 195 Å². The highest BCUT2D eigenvalue weighted by atomic mass is 19.2. The van der Waals surface area contributed by atoms with Crippen molar-refractivity contribution in [3.8, 4) is 22.3 Å². The molecule has 1 saturated heterocycles. The fourth-order valence-corrected chi connectivity index (χ4v) is 4.69. The number of nitrogens with zero attached hydrogens (tertiary/aromatic N) is 2. The smallest absolute Gasteiger partial charge is 0.170 e. The summed E-state index contributed by atoms with van der Waals surface area (Å²) in [5, 5.41) is 0. The van der Waals surface area contributed by atoms with Crippen LogP contribution in [0.2, 0.25) is 0 Å². The predicted octanol–water partition coefficient (Wildman–Crippen LogP) is 6.99. The maximum absolute atomic E-state index is 15.1. The molecule has 0 spiro atoms. The van der Waals surface area contributed by atoms with E-state index in [0.717, 1.165) is 44.0 Å². The van der Waals surface area contributed by atoms with E-state index in [-0.39, 0.29) is 11.1 Å². The first-order chi connectivity index (χ1) is 16.3. The fraction of sp³-hybridized carbons (Fsp3) is 0.296. The number of fused-ring (bicyclic) bond motifs is 1. The number of aromatic nitrogens is 2. The molecule has 5 rings (SSSR count). The summed E-state index contributed by atoms with van der Waals surface area (Å²) in [5.41, 5.74) is 0.798. The van der Waals surface area contributed by atoms with E-state index < -0.39 is 34.4 Å². The first-order valence-electron chi connectivity index (χ1n) is 11.5. The van der Waals surface area contributed by atoms with Crippen molar-refractivity contribution in [2.24, 2.45) is 5.92 Å². The molecule has 7 heteroatoms. The molecule has 1 aromatic heterocycles. The summed E-state index contributed by atoms with van der Waals surface area (Å²) in [6.45, 7) is 6.74. The van der Waals surface area contributed by atoms with Crippen molar-refractivity contribution >= 4 is 11.0 Å². The lowest BCUT2D eigenvalue weighted by atomic mass is 9.96. The number of halogens is 4. The van der Waals surface area contributed by atoms with Gasteiger partial charge in [-0.25, -0.2) is 22.5 Å². The van der Waals surface area contributed by atoms with E-state index >= 15 is 17.6 Å². The molecule has 0 atom stereocenters. The third-order valence-electron chi connectivity index (χ3n) is 6.68. The van der Waals surface area contributed by atoms with Gasteiger partial charge in [-0.3, -0.25) is 4.90 Å². The monoisotopic (exact) mass is 467 g/mol. The van der Waals surface area contributed by atoms with E-state index in [2.05, 4.69) is 21.8 Å². The largest absolute Gasteiger partial charge is 0.342 e. The Bertz CT molecular complexity index is 1320. The maximum Gasteiger partial charge on any atom is 0.170 e. The van der Waals surface area contributed by atoms with Crippen LogP contribution in [0.3, 0.4) is 0 Å². The maximum atomic E-state index is 15.1. The lowest BCUT2D eigenvalue weighted by Gasteiger charge is -2.30. The zero-order valence-electron chi connectivity index (χ0n) is 19.1. The number of aromatic amines is 1. The number of H-pyrrole nitrogens is 1. The van der Waals surface area contributed by atoms with Crippen LogP contribution in [-0.4, -0.2) is 28.0 Å². The van der Waals surface area contributed by atoms with E-state index in [4.69, 9.17) is 0 Å². The van der Waals surface area contributed by atoms with Crippen molar-refractivity contribution in [2.75, 3.05) is 13.1 Å². The molecule has 1 fully saturated rings. The Hall–Kier alpha value is -3.19. The minimum atomic E-state index is -1.42. The third-order valence-corrected chi connectivity index (χ3v) is 6.68. The Morgan fingerprint density at radius 3 is 2.03 bits per heavy atom. The van der Waals surface area contributed by atoms with Gasteiger partial charge in [0, 0.05) is 6.54 Å². The Kier molecular flexibility index (Phi) is 5.90. The molecule has 1 aliphatic rings. The van der Waals surface area contributed by atoms with Crippen LogP contribution in [0, 0.1) is 36.1 Å². The summed E-state index contributed by atoms with van der Waals surface area (Å²) >= 11 is 0. The van der Waals surface area contributed by atoms with Crippen molar-refractivity contribution in [2.45, 2.75) is 33.2 Å². The van der Waals surface area contributed by atoms with Crippen LogP contribution in [0.4, 0.5) is 17.6 Å². The summed E-state index contributed by atoms with van der Waals surface area (Å²) < 4.78 is 60.4. The lowest BCUT2D eigenvalue weighted by molar-refractivity contribution is 0.185. The van der Waals surface area contributed by atoms with E-state index in [1.54, 1.807) is 25.1 Å². The van der Waals surface area contributed by atoms with Gasteiger partial charge in [-0.2, -0.15) is 0 Å². The first kappa shape index (κ1) is 22.6. The molecule has 0 amide bonds. The topological polar surface area (TPSA) is 31.9 Å². The molecular formula is C27H25F4N3. The normalized spacial score (nSPS) is 15.4. The number of nitrogens with one attached hydrogen (secondary N) is 1. The van der Waals surface area contributed by atoms with Gasteiger partial charge in [0.15, 0.2) is 23.3 Å². The van der Waals surface area contributed by atoms with E-state index in [1.165, 1.54) is 24.3 Å². The molecule has 3 aromatic carbocycles. The average Bonchev–Trinajstić information content (AvgIpc) is 3.20. The third kappa shape index (κ3) is 4.09. The molecule has 176 valence electrons. The highest BCUT2D eigenvalue weighted by molar-refractivity contribution is 5.83. The number of aryl methyl sites for hydroxylation is 1. The van der Waals surface area contributed by atoms with Gasteiger partial charge < -0.3 is 4.98 Å². The fourth-order valence-electron chi connectivity index (χ4n) is 4.69. The van der Waals surface area contributed by atoms with Gasteiger partial charge in [0.2, 0.25) is 0 Å². The molecule has 3 nitrogen and oxygen atoms in total. The Balaban J connectivity index is 1.48. The molecule has 0 unspecified atom stereocenters. The minimum Gasteiger partial charge on any atom is -0.342 e. The molecule has 1 N–H and O–H groups in total. The van der Waals surface area contributed by atoms with Crippen LogP contribution < -0.4 is 0 Å². The zero-order valence-corrected chi connectivity index (χ0v) is 19.1. The first-order valence-corrected chi connectivity index (χ1v) is 11.5. The van der Waals surface area contributed by atoms with Gasteiger partial charge in [-0.1, -0.05) is 37.3 Å². The molecule has 2 heterocycles. The second kappa shape index (κ2) is 8.87. The molecular weight excluding hydrogens is 442 g/mol. The summed E-state index contributed by atoms with van der Waals surface area (Å²) in [7, 11) is 0. The van der Waals surface area contributed by atoms with Crippen LogP contribution in [0.15, 0.2) is 42.5 Å². The number of likely N-dealkylation sites (tertiary alicyclic amines) is 1. The average molecular weight is 468 g/mol. The molecule has 0 saturated carbocycles. The number of imidazole rings is 1. The number of rotatable bonds is 4. The van der Waals surface area contributed by atoms with Crippen molar-refractivity contribution < 1.29 is 17.6 Å². The highest BCUT2D eigenvalue weighted by Gasteiger charge is 2.27.